The zero-order chi connectivity index (χ0) is 18.2. The summed E-state index contributed by atoms with van der Waals surface area (Å²) in [6.45, 7) is 0.490. The predicted octanol–water partition coefficient (Wildman–Crippen LogP) is 4.08. The van der Waals surface area contributed by atoms with Crippen molar-refractivity contribution in [3.8, 4) is 0 Å². The molecule has 0 spiro atoms. The maximum absolute atomic E-state index is 12.5. The van der Waals surface area contributed by atoms with Gasteiger partial charge in [0.25, 0.3) is 0 Å². The molecule has 0 saturated heterocycles. The lowest BCUT2D eigenvalue weighted by molar-refractivity contribution is -0.117. The van der Waals surface area contributed by atoms with Crippen LogP contribution in [0.15, 0.2) is 57.9 Å². The van der Waals surface area contributed by atoms with Crippen LogP contribution in [-0.4, -0.2) is 29.6 Å². The van der Waals surface area contributed by atoms with Crippen molar-refractivity contribution in [3.63, 3.8) is 0 Å². The third-order valence-electron chi connectivity index (χ3n) is 3.45. The first-order chi connectivity index (χ1) is 12.0. The molecule has 0 aliphatic rings. The summed E-state index contributed by atoms with van der Waals surface area (Å²) in [6.07, 6.45) is 0.300. The summed E-state index contributed by atoms with van der Waals surface area (Å²) in [4.78, 5) is 25.9. The Hall–Kier alpha value is -1.99. The summed E-state index contributed by atoms with van der Waals surface area (Å²) in [5.74, 6) is 0.247. The molecule has 3 amide bonds. The first kappa shape index (κ1) is 19.3. The van der Waals surface area contributed by atoms with Crippen molar-refractivity contribution in [1.82, 2.24) is 4.90 Å². The standard InChI is InChI=1S/C18H20BrN3O2S/c1-22(12-13-6-2-3-7-14(13)19)18(24)21-15-8-4-5-9-16(15)25-11-10-17(20)23/h2-9H,10-12H2,1H3,(H2,20,23)(H,21,24). The van der Waals surface area contributed by atoms with Crippen LogP contribution in [0.3, 0.4) is 0 Å². The number of benzene rings is 2. The van der Waals surface area contributed by atoms with E-state index in [1.807, 2.05) is 48.5 Å². The number of urea groups is 1. The SMILES string of the molecule is CN(Cc1ccccc1Br)C(=O)Nc1ccccc1SCCC(N)=O. The van der Waals surface area contributed by atoms with Crippen LogP contribution >= 0.6 is 27.7 Å². The molecule has 132 valence electrons. The van der Waals surface area contributed by atoms with Crippen molar-refractivity contribution in [2.75, 3.05) is 18.1 Å². The lowest BCUT2D eigenvalue weighted by Gasteiger charge is -2.20. The Morgan fingerprint density at radius 2 is 1.84 bits per heavy atom. The van der Waals surface area contributed by atoms with Crippen LogP contribution in [0.2, 0.25) is 0 Å². The van der Waals surface area contributed by atoms with Crippen LogP contribution < -0.4 is 11.1 Å². The molecule has 0 fully saturated rings. The van der Waals surface area contributed by atoms with Crippen LogP contribution in [0.25, 0.3) is 0 Å². The second-order valence-electron chi connectivity index (χ2n) is 5.44. The first-order valence-electron chi connectivity index (χ1n) is 7.73. The number of nitrogens with one attached hydrogen (secondary N) is 1. The molecule has 3 N–H and O–H groups in total. The van der Waals surface area contributed by atoms with Gasteiger partial charge < -0.3 is 16.0 Å². The molecular formula is C18H20BrN3O2S. The van der Waals surface area contributed by atoms with Crippen LogP contribution in [0, 0.1) is 0 Å². The number of halogens is 1. The van der Waals surface area contributed by atoms with Crippen molar-refractivity contribution in [2.24, 2.45) is 5.73 Å². The molecule has 0 atom stereocenters. The molecule has 0 aliphatic heterocycles. The minimum absolute atomic E-state index is 0.196. The molecule has 0 saturated carbocycles. The quantitative estimate of drug-likeness (QED) is 0.661. The highest BCUT2D eigenvalue weighted by molar-refractivity contribution is 9.10. The van der Waals surface area contributed by atoms with Crippen LogP contribution in [0.1, 0.15) is 12.0 Å². The second kappa shape index (κ2) is 9.48. The molecule has 0 heterocycles. The average Bonchev–Trinajstić information content (AvgIpc) is 2.58. The smallest absolute Gasteiger partial charge is 0.321 e. The summed E-state index contributed by atoms with van der Waals surface area (Å²) < 4.78 is 0.969. The van der Waals surface area contributed by atoms with Crippen LogP contribution in [-0.2, 0) is 11.3 Å². The van der Waals surface area contributed by atoms with E-state index in [-0.39, 0.29) is 11.9 Å². The number of amides is 3. The van der Waals surface area contributed by atoms with Crippen molar-refractivity contribution in [3.05, 3.63) is 58.6 Å². The fourth-order valence-electron chi connectivity index (χ4n) is 2.12. The van der Waals surface area contributed by atoms with Crippen molar-refractivity contribution in [2.45, 2.75) is 17.9 Å². The van der Waals surface area contributed by atoms with Gasteiger partial charge in [-0.3, -0.25) is 4.79 Å². The van der Waals surface area contributed by atoms with Gasteiger partial charge in [0.2, 0.25) is 5.91 Å². The zero-order valence-corrected chi connectivity index (χ0v) is 16.3. The minimum Gasteiger partial charge on any atom is -0.370 e. The highest BCUT2D eigenvalue weighted by Gasteiger charge is 2.13. The molecule has 5 nitrogen and oxygen atoms in total. The number of primary amides is 1. The predicted molar refractivity (Wildman–Crippen MR) is 106 cm³/mol. The maximum Gasteiger partial charge on any atom is 0.321 e. The molecule has 0 bridgehead atoms. The number of rotatable bonds is 7. The Morgan fingerprint density at radius 1 is 1.16 bits per heavy atom. The number of para-hydroxylation sites is 1. The summed E-state index contributed by atoms with van der Waals surface area (Å²) in [7, 11) is 1.75. The normalized spacial score (nSPS) is 10.3. The van der Waals surface area contributed by atoms with Gasteiger partial charge in [0.05, 0.1) is 5.69 Å². The number of nitrogens with two attached hydrogens (primary N) is 1. The Kier molecular flexibility index (Phi) is 7.33. The van der Waals surface area contributed by atoms with Gasteiger partial charge in [0.15, 0.2) is 0 Å². The second-order valence-corrected chi connectivity index (χ2v) is 7.43. The number of hydrogen-bond donors (Lipinski definition) is 2. The lowest BCUT2D eigenvalue weighted by atomic mass is 10.2. The van der Waals surface area contributed by atoms with Gasteiger partial charge in [-0.2, -0.15) is 0 Å². The summed E-state index contributed by atoms with van der Waals surface area (Å²) in [6, 6.07) is 15.1. The highest BCUT2D eigenvalue weighted by Crippen LogP contribution is 2.27. The number of thioether (sulfide) groups is 1. The highest BCUT2D eigenvalue weighted by atomic mass is 79.9. The Balaban J connectivity index is 2.00. The van der Waals surface area contributed by atoms with Gasteiger partial charge in [-0.1, -0.05) is 46.3 Å². The van der Waals surface area contributed by atoms with E-state index in [4.69, 9.17) is 5.73 Å². The fraction of sp³-hybridized carbons (Fsp3) is 0.222. The molecule has 7 heteroatoms. The number of anilines is 1. The van der Waals surface area contributed by atoms with E-state index in [0.29, 0.717) is 18.7 Å². The number of carbonyl (C=O) groups excluding carboxylic acids is 2. The summed E-state index contributed by atoms with van der Waals surface area (Å²) in [5, 5.41) is 2.92. The Labute approximate surface area is 160 Å². The lowest BCUT2D eigenvalue weighted by Crippen LogP contribution is -2.31. The summed E-state index contributed by atoms with van der Waals surface area (Å²) >= 11 is 4.99. The van der Waals surface area contributed by atoms with Gasteiger partial charge in [-0.25, -0.2) is 4.79 Å². The monoisotopic (exact) mass is 421 g/mol. The Morgan fingerprint density at radius 3 is 2.56 bits per heavy atom. The molecule has 2 aromatic carbocycles. The van der Waals surface area contributed by atoms with Crippen LogP contribution in [0.5, 0.6) is 0 Å². The van der Waals surface area contributed by atoms with Gasteiger partial charge >= 0.3 is 6.03 Å². The largest absolute Gasteiger partial charge is 0.370 e. The van der Waals surface area contributed by atoms with Gasteiger partial charge in [0, 0.05) is 35.1 Å². The van der Waals surface area contributed by atoms with E-state index in [9.17, 15) is 9.59 Å². The van der Waals surface area contributed by atoms with E-state index in [1.54, 1.807) is 11.9 Å². The topological polar surface area (TPSA) is 75.4 Å². The molecule has 0 unspecified atom stereocenters. The third-order valence-corrected chi connectivity index (χ3v) is 5.30. The average molecular weight is 422 g/mol. The van der Waals surface area contributed by atoms with Gasteiger partial charge in [-0.05, 0) is 23.8 Å². The third kappa shape index (κ3) is 6.10. The van der Waals surface area contributed by atoms with E-state index < -0.39 is 0 Å². The molecular weight excluding hydrogens is 402 g/mol. The Bertz CT molecular complexity index is 755. The number of hydrogen-bond acceptors (Lipinski definition) is 3. The number of nitrogens with zero attached hydrogens (tertiary/aromatic N) is 1. The molecule has 25 heavy (non-hydrogen) atoms. The molecule has 2 rings (SSSR count). The first-order valence-corrected chi connectivity index (χ1v) is 9.51. The summed E-state index contributed by atoms with van der Waals surface area (Å²) in [5.41, 5.74) is 6.92. The van der Waals surface area contributed by atoms with Gasteiger partial charge in [0.1, 0.15) is 0 Å². The zero-order valence-electron chi connectivity index (χ0n) is 13.9. The minimum atomic E-state index is -0.331. The molecule has 0 radical (unpaired) electrons. The van der Waals surface area contributed by atoms with E-state index in [1.165, 1.54) is 11.8 Å². The van der Waals surface area contributed by atoms with E-state index >= 15 is 0 Å². The van der Waals surface area contributed by atoms with Crippen molar-refractivity contribution in [1.29, 1.82) is 0 Å². The fourth-order valence-corrected chi connectivity index (χ4v) is 3.50. The van der Waals surface area contributed by atoms with Crippen LogP contribution in [0.4, 0.5) is 10.5 Å². The molecule has 2 aromatic rings. The van der Waals surface area contributed by atoms with Crippen molar-refractivity contribution >= 4 is 45.3 Å². The maximum atomic E-state index is 12.5. The van der Waals surface area contributed by atoms with Crippen molar-refractivity contribution < 1.29 is 9.59 Å². The molecule has 0 aromatic heterocycles. The van der Waals surface area contributed by atoms with E-state index in [2.05, 4.69) is 21.2 Å². The number of carbonyl (C=O) groups is 2. The molecule has 0 aliphatic carbocycles. The van der Waals surface area contributed by atoms with Gasteiger partial charge in [-0.15, -0.1) is 11.8 Å². The van der Waals surface area contributed by atoms with E-state index in [0.717, 1.165) is 20.6 Å².